The molecule has 0 unspecified atom stereocenters. The van der Waals surface area contributed by atoms with E-state index in [1.54, 1.807) is 24.3 Å². The zero-order valence-electron chi connectivity index (χ0n) is 14.6. The molecule has 2 rings (SSSR count). The van der Waals surface area contributed by atoms with Crippen LogP contribution in [0.5, 0.6) is 5.75 Å². The first-order valence-corrected chi connectivity index (χ1v) is 8.25. The summed E-state index contributed by atoms with van der Waals surface area (Å²) in [6, 6.07) is 10.8. The molecule has 0 heterocycles. The Kier molecular flexibility index (Phi) is 6.73. The summed E-state index contributed by atoms with van der Waals surface area (Å²) in [5, 5.41) is 14.0. The Morgan fingerprint density at radius 3 is 2.59 bits per heavy atom. The number of rotatable bonds is 7. The van der Waals surface area contributed by atoms with Gasteiger partial charge in [0.2, 0.25) is 0 Å². The van der Waals surface area contributed by atoms with Crippen LogP contribution < -0.4 is 10.1 Å². The number of amides is 1. The van der Waals surface area contributed by atoms with Gasteiger partial charge in [-0.05, 0) is 30.7 Å². The summed E-state index contributed by atoms with van der Waals surface area (Å²) in [5.74, 6) is -1.07. The Labute approximate surface area is 160 Å². The molecule has 0 aliphatic heterocycles. The van der Waals surface area contributed by atoms with Crippen LogP contribution >= 0.6 is 11.6 Å². The van der Waals surface area contributed by atoms with Crippen LogP contribution in [0.3, 0.4) is 0 Å². The number of hydrogen-bond acceptors (Lipinski definition) is 6. The zero-order chi connectivity index (χ0) is 20.0. The minimum absolute atomic E-state index is 0.0280. The van der Waals surface area contributed by atoms with Crippen molar-refractivity contribution in [2.24, 2.45) is 0 Å². The fraction of sp³-hybridized carbons (Fsp3) is 0.222. The second-order valence-corrected chi connectivity index (χ2v) is 5.94. The van der Waals surface area contributed by atoms with Gasteiger partial charge in [0.05, 0.1) is 24.5 Å². The van der Waals surface area contributed by atoms with Gasteiger partial charge >= 0.3 is 5.97 Å². The fourth-order valence-corrected chi connectivity index (χ4v) is 2.42. The van der Waals surface area contributed by atoms with E-state index in [0.717, 1.165) is 0 Å². The summed E-state index contributed by atoms with van der Waals surface area (Å²) >= 11 is 5.99. The molecule has 0 saturated carbocycles. The van der Waals surface area contributed by atoms with Crippen LogP contribution in [0.2, 0.25) is 5.02 Å². The van der Waals surface area contributed by atoms with Crippen molar-refractivity contribution in [1.82, 2.24) is 0 Å². The van der Waals surface area contributed by atoms with Gasteiger partial charge in [0.1, 0.15) is 11.4 Å². The van der Waals surface area contributed by atoms with Gasteiger partial charge in [-0.25, -0.2) is 0 Å². The topological polar surface area (TPSA) is 108 Å². The Morgan fingerprint density at radius 2 is 1.96 bits per heavy atom. The van der Waals surface area contributed by atoms with Crippen molar-refractivity contribution >= 4 is 34.9 Å². The monoisotopic (exact) mass is 392 g/mol. The van der Waals surface area contributed by atoms with E-state index in [0.29, 0.717) is 10.6 Å². The number of nitrogens with zero attached hydrogens (tertiary/aromatic N) is 1. The first-order chi connectivity index (χ1) is 12.8. The van der Waals surface area contributed by atoms with Gasteiger partial charge in [-0.1, -0.05) is 29.8 Å². The number of halogens is 1. The quantitative estimate of drug-likeness (QED) is 0.439. The van der Waals surface area contributed by atoms with E-state index >= 15 is 0 Å². The third-order valence-corrected chi connectivity index (χ3v) is 4.00. The maximum absolute atomic E-state index is 12.2. The highest BCUT2D eigenvalue weighted by Gasteiger charge is 2.23. The summed E-state index contributed by atoms with van der Waals surface area (Å²) in [4.78, 5) is 34.7. The molecule has 9 heteroatoms. The normalized spacial score (nSPS) is 11.4. The number of hydrogen-bond donors (Lipinski definition) is 1. The maximum atomic E-state index is 12.2. The second-order valence-electron chi connectivity index (χ2n) is 5.53. The number of carbonyl (C=O) groups excluding carboxylic acids is 2. The second kappa shape index (κ2) is 9.00. The van der Waals surface area contributed by atoms with Gasteiger partial charge in [0.25, 0.3) is 11.6 Å². The third kappa shape index (κ3) is 5.42. The lowest BCUT2D eigenvalue weighted by molar-refractivity contribution is -0.384. The summed E-state index contributed by atoms with van der Waals surface area (Å²) in [6.07, 6.45) is -1.25. The number of nitro groups is 1. The van der Waals surface area contributed by atoms with Crippen LogP contribution in [-0.4, -0.2) is 30.0 Å². The number of nitro benzene ring substituents is 1. The molecule has 0 fully saturated rings. The molecule has 2 aromatic carbocycles. The predicted molar refractivity (Wildman–Crippen MR) is 99.0 cm³/mol. The first kappa shape index (κ1) is 20.2. The molecule has 1 atom stereocenters. The summed E-state index contributed by atoms with van der Waals surface area (Å²) in [7, 11) is 1.37. The van der Waals surface area contributed by atoms with Crippen molar-refractivity contribution in [3.8, 4) is 5.75 Å². The molecule has 27 heavy (non-hydrogen) atoms. The van der Waals surface area contributed by atoms with E-state index in [2.05, 4.69) is 5.32 Å². The number of esters is 1. The summed E-state index contributed by atoms with van der Waals surface area (Å²) in [6.45, 7) is 1.37. The molecule has 0 aliphatic carbocycles. The highest BCUT2D eigenvalue weighted by Crippen LogP contribution is 2.29. The number of carbonyl (C=O) groups is 2. The van der Waals surface area contributed by atoms with E-state index in [4.69, 9.17) is 21.1 Å². The predicted octanol–water partition coefficient (Wildman–Crippen LogP) is 3.37. The molecule has 0 saturated heterocycles. The molecule has 0 aromatic heterocycles. The maximum Gasteiger partial charge on any atom is 0.311 e. The zero-order valence-corrected chi connectivity index (χ0v) is 15.4. The largest absolute Gasteiger partial charge is 0.496 e. The van der Waals surface area contributed by atoms with Gasteiger partial charge in [0, 0.05) is 5.02 Å². The summed E-state index contributed by atoms with van der Waals surface area (Å²) in [5.41, 5.74) is 0.208. The number of methoxy groups -OCH3 is 1. The lowest BCUT2D eigenvalue weighted by atomic mass is 10.1. The molecule has 1 amide bonds. The summed E-state index contributed by atoms with van der Waals surface area (Å²) < 4.78 is 10.0. The molecule has 1 N–H and O–H groups in total. The van der Waals surface area contributed by atoms with Crippen molar-refractivity contribution < 1.29 is 24.0 Å². The first-order valence-electron chi connectivity index (χ1n) is 7.88. The fourth-order valence-electron chi connectivity index (χ4n) is 2.22. The van der Waals surface area contributed by atoms with Crippen molar-refractivity contribution in [2.45, 2.75) is 19.4 Å². The Bertz CT molecular complexity index is 871. The molecular weight excluding hydrogens is 376 g/mol. The van der Waals surface area contributed by atoms with Crippen LogP contribution in [-0.2, 0) is 20.7 Å². The highest BCUT2D eigenvalue weighted by atomic mass is 35.5. The van der Waals surface area contributed by atoms with Crippen LogP contribution in [0.4, 0.5) is 11.4 Å². The van der Waals surface area contributed by atoms with Crippen molar-refractivity contribution in [1.29, 1.82) is 0 Å². The Morgan fingerprint density at radius 1 is 1.26 bits per heavy atom. The van der Waals surface area contributed by atoms with Gasteiger partial charge in [-0.3, -0.25) is 19.7 Å². The number of anilines is 1. The van der Waals surface area contributed by atoms with Gasteiger partial charge in [-0.2, -0.15) is 0 Å². The molecule has 8 nitrogen and oxygen atoms in total. The lowest BCUT2D eigenvalue weighted by Crippen LogP contribution is -2.30. The number of ether oxygens (including phenoxy) is 2. The average Bonchev–Trinajstić information content (AvgIpc) is 2.63. The smallest absolute Gasteiger partial charge is 0.311 e. The minimum atomic E-state index is -1.15. The number of benzene rings is 2. The van der Waals surface area contributed by atoms with Crippen LogP contribution in [0, 0.1) is 10.1 Å². The lowest BCUT2D eigenvalue weighted by Gasteiger charge is -2.14. The average molecular weight is 393 g/mol. The van der Waals surface area contributed by atoms with E-state index in [-0.39, 0.29) is 23.5 Å². The van der Waals surface area contributed by atoms with E-state index < -0.39 is 22.9 Å². The molecule has 2 aromatic rings. The van der Waals surface area contributed by atoms with Crippen molar-refractivity contribution in [3.63, 3.8) is 0 Å². The SMILES string of the molecule is COc1ccc(NC(=O)[C@H](C)OC(=O)Cc2ccccc2Cl)c([N+](=O)[O-])c1. The number of nitrogens with one attached hydrogen (secondary N) is 1. The van der Waals surface area contributed by atoms with Gasteiger partial charge in [-0.15, -0.1) is 0 Å². The van der Waals surface area contributed by atoms with E-state index in [1.165, 1.54) is 32.2 Å². The van der Waals surface area contributed by atoms with E-state index in [9.17, 15) is 19.7 Å². The van der Waals surface area contributed by atoms with Gasteiger partial charge in [0.15, 0.2) is 6.10 Å². The molecule has 0 radical (unpaired) electrons. The van der Waals surface area contributed by atoms with Crippen LogP contribution in [0.1, 0.15) is 12.5 Å². The van der Waals surface area contributed by atoms with Crippen LogP contribution in [0.25, 0.3) is 0 Å². The molecular formula is C18H17ClN2O6. The Balaban J connectivity index is 2.02. The minimum Gasteiger partial charge on any atom is -0.496 e. The molecule has 0 aliphatic rings. The molecule has 0 spiro atoms. The van der Waals surface area contributed by atoms with Gasteiger partial charge < -0.3 is 14.8 Å². The van der Waals surface area contributed by atoms with Crippen molar-refractivity contribution in [3.05, 3.63) is 63.2 Å². The standard InChI is InChI=1S/C18H17ClN2O6/c1-11(27-17(22)9-12-5-3-4-6-14(12)19)18(23)20-15-8-7-13(26-2)10-16(15)21(24)25/h3-8,10-11H,9H2,1-2H3,(H,20,23)/t11-/m0/s1. The Hall–Kier alpha value is -3.13. The molecule has 0 bridgehead atoms. The van der Waals surface area contributed by atoms with Crippen LogP contribution in [0.15, 0.2) is 42.5 Å². The molecule has 142 valence electrons. The van der Waals surface area contributed by atoms with Crippen molar-refractivity contribution in [2.75, 3.05) is 12.4 Å². The highest BCUT2D eigenvalue weighted by molar-refractivity contribution is 6.31. The third-order valence-electron chi connectivity index (χ3n) is 3.63. The van der Waals surface area contributed by atoms with E-state index in [1.807, 2.05) is 0 Å².